The molecule has 158 valence electrons. The lowest BCUT2D eigenvalue weighted by Crippen LogP contribution is -2.31. The van der Waals surface area contributed by atoms with Crippen molar-refractivity contribution in [2.75, 3.05) is 19.3 Å². The van der Waals surface area contributed by atoms with Crippen LogP contribution in [0.2, 0.25) is 0 Å². The van der Waals surface area contributed by atoms with E-state index < -0.39 is 0 Å². The monoisotopic (exact) mass is 420 g/mol. The van der Waals surface area contributed by atoms with Gasteiger partial charge in [-0.3, -0.25) is 15.6 Å². The number of benzene rings is 2. The molecule has 29 heavy (non-hydrogen) atoms. The number of hydrogen-bond donors (Lipinski definition) is 3. The molecule has 0 spiro atoms. The van der Waals surface area contributed by atoms with Gasteiger partial charge in [0, 0.05) is 31.4 Å². The van der Waals surface area contributed by atoms with Gasteiger partial charge in [-0.15, -0.1) is 12.4 Å². The van der Waals surface area contributed by atoms with Gasteiger partial charge in [0.15, 0.2) is 0 Å². The van der Waals surface area contributed by atoms with Gasteiger partial charge in [0.05, 0.1) is 5.56 Å². The first-order valence-electron chi connectivity index (χ1n) is 9.91. The zero-order valence-corrected chi connectivity index (χ0v) is 17.6. The highest BCUT2D eigenvalue weighted by molar-refractivity contribution is 5.98. The van der Waals surface area contributed by atoms with Gasteiger partial charge in [0.2, 0.25) is 0 Å². The fourth-order valence-corrected chi connectivity index (χ4v) is 3.64. The number of carbonyl (C=O) groups is 1. The lowest BCUT2D eigenvalue weighted by molar-refractivity contribution is 0.0793. The molecule has 5 nitrogen and oxygen atoms in total. The predicted octanol–water partition coefficient (Wildman–Crippen LogP) is 4.07. The minimum Gasteiger partial charge on any atom is -0.398 e. The summed E-state index contributed by atoms with van der Waals surface area (Å²) < 4.78 is 13.0. The van der Waals surface area contributed by atoms with Crippen LogP contribution in [0.5, 0.6) is 0 Å². The molecule has 0 radical (unpaired) electrons. The largest absolute Gasteiger partial charge is 0.398 e. The van der Waals surface area contributed by atoms with Gasteiger partial charge in [-0.1, -0.05) is 37.1 Å². The molecule has 0 saturated carbocycles. The van der Waals surface area contributed by atoms with Gasteiger partial charge in [-0.05, 0) is 49.1 Å². The number of hydrogen-bond acceptors (Lipinski definition) is 4. The third-order valence-electron chi connectivity index (χ3n) is 5.34. The second-order valence-electron chi connectivity index (χ2n) is 7.49. The van der Waals surface area contributed by atoms with Crippen LogP contribution in [0.1, 0.15) is 54.1 Å². The molecular weight excluding hydrogens is 391 g/mol. The van der Waals surface area contributed by atoms with E-state index in [4.69, 9.17) is 5.73 Å². The Balaban J connectivity index is 0.00000300. The number of nitrogens with one attached hydrogen (secondary N) is 2. The Kier molecular flexibility index (Phi) is 8.89. The quantitative estimate of drug-likeness (QED) is 0.444. The van der Waals surface area contributed by atoms with Gasteiger partial charge in [0.25, 0.3) is 5.91 Å². The summed E-state index contributed by atoms with van der Waals surface area (Å²) in [5.74, 6) is -0.230. The highest BCUT2D eigenvalue weighted by Crippen LogP contribution is 2.24. The lowest BCUT2D eigenvalue weighted by Gasteiger charge is -2.18. The number of rotatable bonds is 8. The Hall–Kier alpha value is -2.15. The maximum atomic E-state index is 13.0. The molecule has 1 fully saturated rings. The van der Waals surface area contributed by atoms with Gasteiger partial charge in [0.1, 0.15) is 5.82 Å². The van der Waals surface area contributed by atoms with Crippen LogP contribution < -0.4 is 16.6 Å². The smallest absolute Gasteiger partial charge is 0.255 e. The van der Waals surface area contributed by atoms with Crippen molar-refractivity contribution in [3.63, 3.8) is 0 Å². The number of carbonyl (C=O) groups excluding carboxylic acids is 1. The van der Waals surface area contributed by atoms with Crippen LogP contribution in [-0.2, 0) is 0 Å². The van der Waals surface area contributed by atoms with Crippen molar-refractivity contribution >= 4 is 24.0 Å². The summed E-state index contributed by atoms with van der Waals surface area (Å²) in [6.07, 6.45) is 5.22. The van der Waals surface area contributed by atoms with E-state index in [1.807, 2.05) is 31.3 Å². The third-order valence-corrected chi connectivity index (χ3v) is 5.34. The molecule has 3 rings (SSSR count). The number of halogens is 2. The topological polar surface area (TPSA) is 70.4 Å². The first kappa shape index (κ1) is 23.1. The lowest BCUT2D eigenvalue weighted by atomic mass is 9.99. The number of nitrogens with two attached hydrogens (primary N) is 1. The number of unbranched alkanes of at least 4 members (excludes halogenated alkanes) is 2. The molecular formula is C22H30ClFN4O. The maximum Gasteiger partial charge on any atom is 0.255 e. The molecule has 1 aliphatic heterocycles. The summed E-state index contributed by atoms with van der Waals surface area (Å²) in [4.78, 5) is 14.2. The van der Waals surface area contributed by atoms with E-state index in [2.05, 4.69) is 10.9 Å². The molecule has 2 unspecified atom stereocenters. The number of nitrogens with zero attached hydrogens (tertiary/aromatic N) is 1. The Morgan fingerprint density at radius 2 is 1.83 bits per heavy atom. The number of para-hydroxylation sites is 1. The minimum absolute atomic E-state index is 0. The average Bonchev–Trinajstić information content (AvgIpc) is 3.17. The van der Waals surface area contributed by atoms with E-state index in [0.29, 0.717) is 17.3 Å². The van der Waals surface area contributed by atoms with Crippen LogP contribution in [-0.4, -0.2) is 30.4 Å². The van der Waals surface area contributed by atoms with Crippen molar-refractivity contribution in [3.8, 4) is 0 Å². The van der Waals surface area contributed by atoms with Crippen molar-refractivity contribution in [1.82, 2.24) is 15.8 Å². The summed E-state index contributed by atoms with van der Waals surface area (Å²) in [6, 6.07) is 14.5. The number of anilines is 1. The normalized spacial score (nSPS) is 18.3. The highest BCUT2D eigenvalue weighted by atomic mass is 35.5. The van der Waals surface area contributed by atoms with Crippen LogP contribution in [0, 0.1) is 5.82 Å². The molecule has 1 heterocycles. The molecule has 2 aromatic carbocycles. The van der Waals surface area contributed by atoms with E-state index in [1.54, 1.807) is 17.0 Å². The zero-order chi connectivity index (χ0) is 19.9. The Morgan fingerprint density at radius 1 is 1.10 bits per heavy atom. The molecule has 0 bridgehead atoms. The SMILES string of the molecule is CN(CCCCCC1CC(c2ccc(F)cc2)NN1)C(=O)c1ccccc1N.Cl. The highest BCUT2D eigenvalue weighted by Gasteiger charge is 2.24. The molecule has 4 N–H and O–H groups in total. The standard InChI is InChI=1S/C22H29FN4O.ClH/c1-27(22(28)19-8-4-5-9-20(19)24)14-6-2-3-7-18-15-21(26-25-18)16-10-12-17(23)13-11-16;/h4-5,8-13,18,21,25-26H,2-3,6-7,14-15,24H2,1H3;1H. The summed E-state index contributed by atoms with van der Waals surface area (Å²) >= 11 is 0. The summed E-state index contributed by atoms with van der Waals surface area (Å²) in [6.45, 7) is 0.724. The molecule has 1 aliphatic rings. The second kappa shape index (κ2) is 11.1. The first-order valence-corrected chi connectivity index (χ1v) is 9.91. The molecule has 7 heteroatoms. The predicted molar refractivity (Wildman–Crippen MR) is 117 cm³/mol. The van der Waals surface area contributed by atoms with Crippen LogP contribution in [0.25, 0.3) is 0 Å². The molecule has 2 atom stereocenters. The first-order chi connectivity index (χ1) is 13.5. The zero-order valence-electron chi connectivity index (χ0n) is 16.7. The van der Waals surface area contributed by atoms with Crippen molar-refractivity contribution in [2.45, 2.75) is 44.2 Å². The molecule has 1 amide bonds. The van der Waals surface area contributed by atoms with Gasteiger partial charge in [-0.25, -0.2) is 4.39 Å². The Labute approximate surface area is 178 Å². The fraction of sp³-hybridized carbons (Fsp3) is 0.409. The number of hydrazine groups is 1. The Bertz CT molecular complexity index is 787. The Morgan fingerprint density at radius 3 is 2.55 bits per heavy atom. The third kappa shape index (κ3) is 6.42. The van der Waals surface area contributed by atoms with Crippen molar-refractivity contribution < 1.29 is 9.18 Å². The van der Waals surface area contributed by atoms with Crippen molar-refractivity contribution in [1.29, 1.82) is 0 Å². The van der Waals surface area contributed by atoms with E-state index in [1.165, 1.54) is 12.1 Å². The number of amides is 1. The summed E-state index contributed by atoms with van der Waals surface area (Å²) in [5.41, 5.74) is 14.7. The van der Waals surface area contributed by atoms with Crippen LogP contribution >= 0.6 is 12.4 Å². The van der Waals surface area contributed by atoms with E-state index in [9.17, 15) is 9.18 Å². The van der Waals surface area contributed by atoms with Crippen LogP contribution in [0.15, 0.2) is 48.5 Å². The van der Waals surface area contributed by atoms with Crippen LogP contribution in [0.3, 0.4) is 0 Å². The van der Waals surface area contributed by atoms with E-state index in [0.717, 1.165) is 44.2 Å². The van der Waals surface area contributed by atoms with Gasteiger partial charge < -0.3 is 10.6 Å². The van der Waals surface area contributed by atoms with Gasteiger partial charge >= 0.3 is 0 Å². The molecule has 2 aromatic rings. The maximum absolute atomic E-state index is 13.0. The van der Waals surface area contributed by atoms with Gasteiger partial charge in [-0.2, -0.15) is 0 Å². The van der Waals surface area contributed by atoms with E-state index >= 15 is 0 Å². The number of nitrogen functional groups attached to an aromatic ring is 1. The summed E-state index contributed by atoms with van der Waals surface area (Å²) in [7, 11) is 1.82. The summed E-state index contributed by atoms with van der Waals surface area (Å²) in [5, 5.41) is 0. The van der Waals surface area contributed by atoms with Crippen molar-refractivity contribution in [3.05, 3.63) is 65.5 Å². The second-order valence-corrected chi connectivity index (χ2v) is 7.49. The molecule has 1 saturated heterocycles. The fourth-order valence-electron chi connectivity index (χ4n) is 3.64. The average molecular weight is 421 g/mol. The van der Waals surface area contributed by atoms with Crippen molar-refractivity contribution in [2.24, 2.45) is 0 Å². The molecule has 0 aliphatic carbocycles. The minimum atomic E-state index is -0.204. The molecule has 0 aromatic heterocycles. The van der Waals surface area contributed by atoms with E-state index in [-0.39, 0.29) is 30.2 Å². The van der Waals surface area contributed by atoms with Crippen LogP contribution in [0.4, 0.5) is 10.1 Å².